The van der Waals surface area contributed by atoms with Crippen LogP contribution in [0.1, 0.15) is 11.1 Å². The lowest BCUT2D eigenvalue weighted by molar-refractivity contribution is -0.142. The van der Waals surface area contributed by atoms with Gasteiger partial charge >= 0.3 is 5.97 Å². The molecule has 2 rings (SSSR count). The summed E-state index contributed by atoms with van der Waals surface area (Å²) in [4.78, 5) is 23.5. The van der Waals surface area contributed by atoms with E-state index in [1.54, 1.807) is 42.5 Å². The predicted molar refractivity (Wildman–Crippen MR) is 101 cm³/mol. The molecule has 0 saturated carbocycles. The Balaban J connectivity index is 1.84. The van der Waals surface area contributed by atoms with Crippen molar-refractivity contribution in [3.63, 3.8) is 0 Å². The molecule has 0 aromatic heterocycles. The first-order valence-corrected chi connectivity index (χ1v) is 8.30. The van der Waals surface area contributed by atoms with Crippen LogP contribution < -0.4 is 5.32 Å². The van der Waals surface area contributed by atoms with Gasteiger partial charge in [0.2, 0.25) is 0 Å². The van der Waals surface area contributed by atoms with Gasteiger partial charge in [0.25, 0.3) is 5.91 Å². The van der Waals surface area contributed by atoms with Crippen LogP contribution in [0.15, 0.2) is 48.5 Å². The summed E-state index contributed by atoms with van der Waals surface area (Å²) in [6, 6.07) is 13.8. The van der Waals surface area contributed by atoms with Crippen LogP contribution in [-0.2, 0) is 20.7 Å². The first-order chi connectivity index (χ1) is 12.5. The third kappa shape index (κ3) is 5.92. The van der Waals surface area contributed by atoms with Crippen LogP contribution in [-0.4, -0.2) is 18.5 Å². The van der Waals surface area contributed by atoms with Crippen LogP contribution in [0.25, 0.3) is 6.08 Å². The molecule has 0 aliphatic rings. The van der Waals surface area contributed by atoms with E-state index in [4.69, 9.17) is 33.2 Å². The number of anilines is 1. The van der Waals surface area contributed by atoms with Gasteiger partial charge in [0.1, 0.15) is 0 Å². The highest BCUT2D eigenvalue weighted by Crippen LogP contribution is 2.25. The van der Waals surface area contributed by atoms with Crippen LogP contribution in [0.3, 0.4) is 0 Å². The molecule has 0 radical (unpaired) electrons. The molecule has 0 heterocycles. The minimum Gasteiger partial charge on any atom is -0.452 e. The Morgan fingerprint density at radius 2 is 1.77 bits per heavy atom. The fourth-order valence-corrected chi connectivity index (χ4v) is 2.52. The van der Waals surface area contributed by atoms with Gasteiger partial charge < -0.3 is 10.1 Å². The molecule has 0 bridgehead atoms. The van der Waals surface area contributed by atoms with E-state index >= 15 is 0 Å². The van der Waals surface area contributed by atoms with Crippen molar-refractivity contribution in [2.45, 2.75) is 6.42 Å². The number of benzene rings is 2. The van der Waals surface area contributed by atoms with Gasteiger partial charge in [-0.25, -0.2) is 4.79 Å². The minimum atomic E-state index is -0.694. The van der Waals surface area contributed by atoms with E-state index in [0.29, 0.717) is 27.7 Å². The summed E-state index contributed by atoms with van der Waals surface area (Å²) in [5.74, 6) is -1.17. The molecule has 0 fully saturated rings. The molecule has 0 saturated heterocycles. The highest BCUT2D eigenvalue weighted by molar-refractivity contribution is 6.37. The summed E-state index contributed by atoms with van der Waals surface area (Å²) >= 11 is 12.0. The van der Waals surface area contributed by atoms with Crippen LogP contribution in [0, 0.1) is 11.3 Å². The maximum Gasteiger partial charge on any atom is 0.331 e. The molecule has 2 aromatic carbocycles. The number of carbonyl (C=O) groups excluding carboxylic acids is 2. The Labute approximate surface area is 160 Å². The van der Waals surface area contributed by atoms with E-state index in [0.717, 1.165) is 11.6 Å². The molecule has 1 N–H and O–H groups in total. The Hall–Kier alpha value is -2.81. The smallest absolute Gasteiger partial charge is 0.331 e. The van der Waals surface area contributed by atoms with Gasteiger partial charge in [0.05, 0.1) is 12.5 Å². The highest BCUT2D eigenvalue weighted by atomic mass is 35.5. The van der Waals surface area contributed by atoms with Gasteiger partial charge in [-0.15, -0.1) is 0 Å². The fourth-order valence-electron chi connectivity index (χ4n) is 2.00. The van der Waals surface area contributed by atoms with E-state index < -0.39 is 18.5 Å². The molecule has 0 atom stereocenters. The highest BCUT2D eigenvalue weighted by Gasteiger charge is 2.07. The predicted octanol–water partition coefficient (Wildman–Crippen LogP) is 4.25. The second kappa shape index (κ2) is 9.62. The molecule has 0 unspecified atom stereocenters. The van der Waals surface area contributed by atoms with Gasteiger partial charge in [-0.1, -0.05) is 41.4 Å². The molecule has 2 aromatic rings. The first kappa shape index (κ1) is 19.5. The van der Waals surface area contributed by atoms with Crippen LogP contribution in [0.4, 0.5) is 5.69 Å². The van der Waals surface area contributed by atoms with Gasteiger partial charge in [-0.3, -0.25) is 4.79 Å². The molecule has 26 heavy (non-hydrogen) atoms. The number of carbonyl (C=O) groups is 2. The van der Waals surface area contributed by atoms with Gasteiger partial charge in [-0.2, -0.15) is 5.26 Å². The number of hydrogen-bond acceptors (Lipinski definition) is 4. The largest absolute Gasteiger partial charge is 0.452 e. The number of halogens is 2. The lowest BCUT2D eigenvalue weighted by Crippen LogP contribution is -2.20. The summed E-state index contributed by atoms with van der Waals surface area (Å²) in [7, 11) is 0. The number of esters is 1. The normalized spacial score (nSPS) is 10.3. The topological polar surface area (TPSA) is 79.2 Å². The van der Waals surface area contributed by atoms with Gasteiger partial charge in [0, 0.05) is 27.4 Å². The molecule has 0 spiro atoms. The Morgan fingerprint density at radius 3 is 2.38 bits per heavy atom. The number of amides is 1. The zero-order valence-corrected chi connectivity index (χ0v) is 15.1. The maximum atomic E-state index is 11.8. The summed E-state index contributed by atoms with van der Waals surface area (Å²) in [6.45, 7) is -0.431. The minimum absolute atomic E-state index is 0.299. The number of rotatable bonds is 6. The average Bonchev–Trinajstić information content (AvgIpc) is 2.61. The molecule has 132 valence electrons. The quantitative estimate of drug-likeness (QED) is 0.592. The summed E-state index contributed by atoms with van der Waals surface area (Å²) in [5.41, 5.74) is 1.89. The van der Waals surface area contributed by atoms with Crippen molar-refractivity contribution in [3.8, 4) is 6.07 Å². The zero-order chi connectivity index (χ0) is 18.9. The maximum absolute atomic E-state index is 11.8. The SMILES string of the molecule is N#CCc1ccc(NC(=O)COC(=O)/C=C/c2c(Cl)cccc2Cl)cc1. The molecule has 0 aliphatic heterocycles. The van der Waals surface area contributed by atoms with Crippen LogP contribution in [0.5, 0.6) is 0 Å². The van der Waals surface area contributed by atoms with E-state index in [-0.39, 0.29) is 0 Å². The van der Waals surface area contributed by atoms with Crippen molar-refractivity contribution in [3.05, 3.63) is 69.7 Å². The number of nitrogens with zero attached hydrogens (tertiary/aromatic N) is 1. The Morgan fingerprint density at radius 1 is 1.12 bits per heavy atom. The summed E-state index contributed by atoms with van der Waals surface area (Å²) in [5, 5.41) is 12.0. The Kier molecular flexibility index (Phi) is 7.22. The fraction of sp³-hybridized carbons (Fsp3) is 0.105. The molecule has 0 aliphatic carbocycles. The zero-order valence-electron chi connectivity index (χ0n) is 13.5. The Bertz CT molecular complexity index is 851. The molecular weight excluding hydrogens is 375 g/mol. The number of nitrogens with one attached hydrogen (secondary N) is 1. The van der Waals surface area contributed by atoms with Crippen LogP contribution in [0.2, 0.25) is 10.0 Å². The van der Waals surface area contributed by atoms with E-state index in [1.165, 1.54) is 6.08 Å². The summed E-state index contributed by atoms with van der Waals surface area (Å²) < 4.78 is 4.87. The van der Waals surface area contributed by atoms with Crippen molar-refractivity contribution < 1.29 is 14.3 Å². The monoisotopic (exact) mass is 388 g/mol. The average molecular weight is 389 g/mol. The lowest BCUT2D eigenvalue weighted by Gasteiger charge is -2.06. The molecule has 5 nitrogen and oxygen atoms in total. The lowest BCUT2D eigenvalue weighted by atomic mass is 10.1. The standard InChI is InChI=1S/C19H14Cl2N2O3/c20-16-2-1-3-17(21)15(16)8-9-19(25)26-12-18(24)23-14-6-4-13(5-7-14)10-11-22/h1-9H,10,12H2,(H,23,24)/b9-8+. The first-order valence-electron chi connectivity index (χ1n) is 7.54. The third-order valence-corrected chi connectivity index (χ3v) is 3.91. The second-order valence-corrected chi connectivity index (χ2v) is 5.97. The number of nitriles is 1. The van der Waals surface area contributed by atoms with Crippen molar-refractivity contribution in [1.82, 2.24) is 0 Å². The molecular formula is C19H14Cl2N2O3. The van der Waals surface area contributed by atoms with E-state index in [9.17, 15) is 9.59 Å². The summed E-state index contributed by atoms with van der Waals surface area (Å²) in [6.07, 6.45) is 2.88. The van der Waals surface area contributed by atoms with Crippen molar-refractivity contribution in [2.24, 2.45) is 0 Å². The van der Waals surface area contributed by atoms with Crippen molar-refractivity contribution >= 4 is 46.8 Å². The second-order valence-electron chi connectivity index (χ2n) is 5.16. The van der Waals surface area contributed by atoms with E-state index in [1.807, 2.05) is 6.07 Å². The molecule has 1 amide bonds. The van der Waals surface area contributed by atoms with Crippen LogP contribution >= 0.6 is 23.2 Å². The number of ether oxygens (including phenoxy) is 1. The van der Waals surface area contributed by atoms with Crippen molar-refractivity contribution in [1.29, 1.82) is 5.26 Å². The third-order valence-electron chi connectivity index (χ3n) is 3.25. The van der Waals surface area contributed by atoms with Gasteiger partial charge in [0.15, 0.2) is 6.61 Å². The number of hydrogen-bond donors (Lipinski definition) is 1. The van der Waals surface area contributed by atoms with Gasteiger partial charge in [-0.05, 0) is 35.9 Å². The molecule has 7 heteroatoms. The van der Waals surface area contributed by atoms with Crippen molar-refractivity contribution in [2.75, 3.05) is 11.9 Å². The van der Waals surface area contributed by atoms with E-state index in [2.05, 4.69) is 5.32 Å².